The number of hydrazine groups is 1. The number of nitrogens with one attached hydrogen (secondary N) is 2. The highest BCUT2D eigenvalue weighted by atomic mass is 16.5. The number of para-hydroxylation sites is 2. The van der Waals surface area contributed by atoms with Crippen LogP contribution in [-0.2, 0) is 45.1 Å². The Morgan fingerprint density at radius 3 is 1.65 bits per heavy atom. The summed E-state index contributed by atoms with van der Waals surface area (Å²) < 4.78 is 42.0. The highest BCUT2D eigenvalue weighted by molar-refractivity contribution is 6.13. The second-order valence-corrected chi connectivity index (χ2v) is 19.1. The van der Waals surface area contributed by atoms with Gasteiger partial charge in [0.15, 0.2) is 23.0 Å². The minimum Gasteiger partial charge on any atom is -0.493 e. The fourth-order valence-corrected chi connectivity index (χ4v) is 10.6. The Kier molecular flexibility index (Phi) is 16.7. The molecule has 5 aromatic carbocycles. The summed E-state index contributed by atoms with van der Waals surface area (Å²) in [5.41, 5.74) is 15.1. The molecular weight excluding hydrogens is 943 g/mol. The van der Waals surface area contributed by atoms with E-state index < -0.39 is 0 Å². The molecule has 4 heterocycles. The van der Waals surface area contributed by atoms with Crippen LogP contribution in [0.5, 0.6) is 23.0 Å². The number of carbonyl (C=O) groups is 3. The minimum absolute atomic E-state index is 0.00828. The van der Waals surface area contributed by atoms with Crippen LogP contribution in [0.15, 0.2) is 91.0 Å². The predicted octanol–water partition coefficient (Wildman–Crippen LogP) is 6.81. The second-order valence-electron chi connectivity index (χ2n) is 19.1. The van der Waals surface area contributed by atoms with E-state index in [1.807, 2.05) is 85.4 Å². The van der Waals surface area contributed by atoms with E-state index in [0.717, 1.165) is 52.4 Å². The van der Waals surface area contributed by atoms with E-state index in [1.165, 1.54) is 11.1 Å². The molecule has 0 aliphatic carbocycles. The van der Waals surface area contributed by atoms with Gasteiger partial charge in [0.25, 0.3) is 11.8 Å². The molecule has 9 rings (SSSR count). The number of hydrogen-bond donors (Lipinski definition) is 2. The summed E-state index contributed by atoms with van der Waals surface area (Å²) in [7, 11) is 8.83. The molecule has 0 unspecified atom stereocenters. The molecule has 17 nitrogen and oxygen atoms in total. The number of benzene rings is 5. The number of carbonyl (C=O) groups excluding carboxylic acids is 3. The normalized spacial score (nSPS) is 16.4. The zero-order chi connectivity index (χ0) is 51.7. The molecule has 0 fully saturated rings. The predicted molar refractivity (Wildman–Crippen MR) is 286 cm³/mol. The summed E-state index contributed by atoms with van der Waals surface area (Å²) in [6.45, 7) is 7.50. The maximum absolute atomic E-state index is 14.4. The average molecular weight is 1010 g/mol. The van der Waals surface area contributed by atoms with E-state index in [-0.39, 0.29) is 43.0 Å². The van der Waals surface area contributed by atoms with Crippen LogP contribution < -0.4 is 54.3 Å². The van der Waals surface area contributed by atoms with E-state index in [9.17, 15) is 14.4 Å². The van der Waals surface area contributed by atoms with Crippen LogP contribution >= 0.6 is 0 Å². The zero-order valence-electron chi connectivity index (χ0n) is 43.4. The monoisotopic (exact) mass is 1010 g/mol. The number of ether oxygens (including phenoxy) is 7. The molecule has 4 aliphatic rings. The second kappa shape index (κ2) is 23.9. The Hall–Kier alpha value is -7.05. The van der Waals surface area contributed by atoms with Crippen molar-refractivity contribution in [3.8, 4) is 23.0 Å². The van der Waals surface area contributed by atoms with Crippen molar-refractivity contribution in [1.82, 2.24) is 10.9 Å². The van der Waals surface area contributed by atoms with E-state index in [1.54, 1.807) is 33.5 Å². The van der Waals surface area contributed by atoms with Crippen LogP contribution in [0.1, 0.15) is 62.7 Å². The molecule has 0 saturated heterocycles. The van der Waals surface area contributed by atoms with Crippen molar-refractivity contribution in [2.24, 2.45) is 0 Å². The van der Waals surface area contributed by atoms with E-state index in [4.69, 9.17) is 33.2 Å². The van der Waals surface area contributed by atoms with Gasteiger partial charge in [-0.15, -0.1) is 0 Å². The molecule has 3 amide bonds. The van der Waals surface area contributed by atoms with Crippen LogP contribution in [0, 0.1) is 0 Å². The molecule has 2 N–H and O–H groups in total. The summed E-state index contributed by atoms with van der Waals surface area (Å²) in [6, 6.07) is 29.8. The average Bonchev–Trinajstić information content (AvgIpc) is 3.92. The van der Waals surface area contributed by atoms with Gasteiger partial charge in [0, 0.05) is 89.5 Å². The highest BCUT2D eigenvalue weighted by Crippen LogP contribution is 2.44. The lowest BCUT2D eigenvalue weighted by Crippen LogP contribution is -2.41. The molecule has 392 valence electrons. The van der Waals surface area contributed by atoms with Crippen molar-refractivity contribution in [1.29, 1.82) is 0 Å². The Morgan fingerprint density at radius 1 is 0.622 bits per heavy atom. The molecule has 5 aromatic rings. The van der Waals surface area contributed by atoms with E-state index in [0.29, 0.717) is 113 Å². The number of hydrogen-bond acceptors (Lipinski definition) is 14. The third-order valence-corrected chi connectivity index (χ3v) is 14.1. The van der Waals surface area contributed by atoms with Gasteiger partial charge in [-0.1, -0.05) is 43.3 Å². The largest absolute Gasteiger partial charge is 0.493 e. The van der Waals surface area contributed by atoms with Crippen molar-refractivity contribution in [2.75, 3.05) is 126 Å². The Morgan fingerprint density at radius 2 is 1.14 bits per heavy atom. The van der Waals surface area contributed by atoms with Gasteiger partial charge in [0.1, 0.15) is 13.2 Å². The number of nitrogens with zero attached hydrogens (tertiary/aromatic N) is 5. The molecule has 0 bridgehead atoms. The van der Waals surface area contributed by atoms with Gasteiger partial charge in [0.2, 0.25) is 5.91 Å². The summed E-state index contributed by atoms with van der Waals surface area (Å²) in [6.07, 6.45) is 2.46. The summed E-state index contributed by atoms with van der Waals surface area (Å²) in [5, 5.41) is 0. The lowest BCUT2D eigenvalue weighted by molar-refractivity contribution is -0.122. The summed E-state index contributed by atoms with van der Waals surface area (Å²) >= 11 is 0. The van der Waals surface area contributed by atoms with Crippen molar-refractivity contribution < 1.29 is 47.5 Å². The lowest BCUT2D eigenvalue weighted by Gasteiger charge is -2.27. The maximum Gasteiger partial charge on any atom is 0.260 e. The van der Waals surface area contributed by atoms with Crippen molar-refractivity contribution in [3.05, 3.63) is 124 Å². The first-order chi connectivity index (χ1) is 36.1. The molecule has 0 aromatic heterocycles. The van der Waals surface area contributed by atoms with Gasteiger partial charge >= 0.3 is 0 Å². The lowest BCUT2D eigenvalue weighted by atomic mass is 10.1. The molecule has 2 atom stereocenters. The van der Waals surface area contributed by atoms with Gasteiger partial charge in [-0.3, -0.25) is 19.8 Å². The fourth-order valence-electron chi connectivity index (χ4n) is 10.6. The molecule has 4 aliphatic heterocycles. The third-order valence-electron chi connectivity index (χ3n) is 14.1. The number of anilines is 5. The number of amides is 3. The number of methoxy groups -OCH3 is 3. The first kappa shape index (κ1) is 51.8. The first-order valence-corrected chi connectivity index (χ1v) is 25.6. The van der Waals surface area contributed by atoms with Crippen LogP contribution in [0.2, 0.25) is 0 Å². The van der Waals surface area contributed by atoms with Gasteiger partial charge < -0.3 is 57.7 Å². The van der Waals surface area contributed by atoms with Crippen molar-refractivity contribution >= 4 is 46.2 Å². The fraction of sp³-hybridized carbons (Fsp3) is 0.421. The van der Waals surface area contributed by atoms with Gasteiger partial charge in [-0.2, -0.15) is 0 Å². The Labute approximate surface area is 434 Å². The smallest absolute Gasteiger partial charge is 0.260 e. The molecule has 0 spiro atoms. The van der Waals surface area contributed by atoms with E-state index >= 15 is 0 Å². The molecule has 74 heavy (non-hydrogen) atoms. The van der Waals surface area contributed by atoms with Crippen LogP contribution in [0.3, 0.4) is 0 Å². The number of rotatable bonds is 24. The SMILES string of the molecule is CCNNC(=O)CCCN(CCOCCOCCOC)c1cc(COc2cc3c(cc2OC)C(=O)N2c4ccccc4C[C@H]2CN3C)cc(COc2cc3c(cc2OC)C(=O)N2c4ccccc4C[C@H]2CN3C)c1. The molecule has 0 radical (unpaired) electrons. The minimum atomic E-state index is -0.0907. The highest BCUT2D eigenvalue weighted by Gasteiger charge is 2.41. The standard InChI is InChI=1S/C57H69N7O10/c1-7-58-59-55(65)17-12-18-62(19-20-71-23-24-72-22-21-68-4)42-26-38(36-73-53-32-49-45(30-51(53)69-5)56(66)63-43(34-60(49)2)28-40-13-8-10-15-47(40)63)25-39(27-42)37-74-54-33-50-46(31-52(54)70-6)57(67)64-44(35-61(50)3)29-41-14-9-11-16-48(41)64/h8-11,13-16,25-27,30-33,43-44,58H,7,12,17-24,28-29,34-37H2,1-6H3,(H,59,65)/t43-,44-/m0/s1. The maximum atomic E-state index is 14.4. The topological polar surface area (TPSA) is 156 Å². The summed E-state index contributed by atoms with van der Waals surface area (Å²) in [5.74, 6) is 1.65. The Bertz CT molecular complexity index is 2650. The number of likely N-dealkylation sites (N-methyl/N-ethyl adjacent to an activating group) is 2. The molecule has 17 heteroatoms. The van der Waals surface area contributed by atoms with Crippen LogP contribution in [0.4, 0.5) is 28.4 Å². The summed E-state index contributed by atoms with van der Waals surface area (Å²) in [4.78, 5) is 51.8. The third kappa shape index (κ3) is 11.4. The number of fused-ring (bicyclic) bond motifs is 8. The molecular formula is C57H69N7O10. The van der Waals surface area contributed by atoms with Gasteiger partial charge in [-0.05, 0) is 84.0 Å². The zero-order valence-corrected chi connectivity index (χ0v) is 43.4. The van der Waals surface area contributed by atoms with E-state index in [2.05, 4.69) is 49.8 Å². The quantitative estimate of drug-likeness (QED) is 0.0491. The van der Waals surface area contributed by atoms with Gasteiger partial charge in [0.05, 0.1) is 81.8 Å². The van der Waals surface area contributed by atoms with Crippen LogP contribution in [0.25, 0.3) is 0 Å². The van der Waals surface area contributed by atoms with Crippen molar-refractivity contribution in [2.45, 2.75) is 57.9 Å². The van der Waals surface area contributed by atoms with Gasteiger partial charge in [-0.25, -0.2) is 5.43 Å². The molecule has 0 saturated carbocycles. The van der Waals surface area contributed by atoms with Crippen LogP contribution in [-0.4, -0.2) is 131 Å². The first-order valence-electron chi connectivity index (χ1n) is 25.6. The van der Waals surface area contributed by atoms with Crippen molar-refractivity contribution in [3.63, 3.8) is 0 Å². The Balaban J connectivity index is 1.00.